The maximum Gasteiger partial charge on any atom is 0.416 e. The number of nitrogens with one attached hydrogen (secondary N) is 2. The van der Waals surface area contributed by atoms with Crippen molar-refractivity contribution in [1.29, 1.82) is 0 Å². The molecule has 166 valence electrons. The summed E-state index contributed by atoms with van der Waals surface area (Å²) >= 11 is 0. The van der Waals surface area contributed by atoms with Crippen molar-refractivity contribution in [3.63, 3.8) is 0 Å². The largest absolute Gasteiger partial charge is 0.416 e. The smallest absolute Gasteiger partial charge is 0.337 e. The summed E-state index contributed by atoms with van der Waals surface area (Å²) in [7, 11) is 0. The zero-order valence-corrected chi connectivity index (χ0v) is 16.8. The monoisotopic (exact) mass is 444 g/mol. The van der Waals surface area contributed by atoms with E-state index in [-0.39, 0.29) is 23.1 Å². The Bertz CT molecular complexity index is 1190. The quantitative estimate of drug-likeness (QED) is 0.649. The number of hydrogen-bond donors (Lipinski definition) is 2. The van der Waals surface area contributed by atoms with E-state index in [2.05, 4.69) is 20.7 Å². The highest BCUT2D eigenvalue weighted by Gasteiger charge is 2.54. The van der Waals surface area contributed by atoms with E-state index in [1.54, 1.807) is 27.9 Å². The van der Waals surface area contributed by atoms with Crippen molar-refractivity contribution in [3.05, 3.63) is 60.0 Å². The van der Waals surface area contributed by atoms with Gasteiger partial charge in [0.15, 0.2) is 5.65 Å². The molecule has 2 N–H and O–H groups in total. The Kier molecular flexibility index (Phi) is 4.57. The minimum Gasteiger partial charge on any atom is -0.337 e. The van der Waals surface area contributed by atoms with Crippen LogP contribution in [0.15, 0.2) is 48.9 Å². The van der Waals surface area contributed by atoms with Gasteiger partial charge in [-0.15, -0.1) is 0 Å². The summed E-state index contributed by atoms with van der Waals surface area (Å²) in [5.41, 5.74) is 0.195. The van der Waals surface area contributed by atoms with Crippen molar-refractivity contribution in [2.45, 2.75) is 25.1 Å². The number of rotatable bonds is 3. The Morgan fingerprint density at radius 1 is 1.16 bits per heavy atom. The zero-order chi connectivity index (χ0) is 22.5. The van der Waals surface area contributed by atoms with E-state index in [1.165, 1.54) is 18.3 Å². The third kappa shape index (κ3) is 3.63. The van der Waals surface area contributed by atoms with Crippen molar-refractivity contribution >= 4 is 23.3 Å². The fourth-order valence-electron chi connectivity index (χ4n) is 4.53. The van der Waals surface area contributed by atoms with Crippen LogP contribution in [-0.2, 0) is 6.18 Å². The number of carbonyl (C=O) groups excluding carboxylic acids is 2. The second-order valence-electron chi connectivity index (χ2n) is 8.39. The Hall–Kier alpha value is -3.63. The van der Waals surface area contributed by atoms with Gasteiger partial charge in [-0.05, 0) is 37.1 Å². The Morgan fingerprint density at radius 2 is 1.94 bits per heavy atom. The first-order chi connectivity index (χ1) is 15.2. The van der Waals surface area contributed by atoms with Gasteiger partial charge >= 0.3 is 12.2 Å². The number of hydrogen-bond acceptors (Lipinski definition) is 4. The summed E-state index contributed by atoms with van der Waals surface area (Å²) in [6, 6.07) is 5.60. The molecule has 11 heteroatoms. The number of aromatic nitrogens is 3. The van der Waals surface area contributed by atoms with E-state index in [0.717, 1.165) is 12.1 Å². The molecule has 8 nitrogen and oxygen atoms in total. The number of likely N-dealkylation sites (tertiary alicyclic amines) is 1. The van der Waals surface area contributed by atoms with Crippen LogP contribution in [0.4, 0.5) is 23.7 Å². The second kappa shape index (κ2) is 7.21. The van der Waals surface area contributed by atoms with E-state index >= 15 is 0 Å². The van der Waals surface area contributed by atoms with E-state index in [1.807, 2.05) is 0 Å². The summed E-state index contributed by atoms with van der Waals surface area (Å²) in [5, 5.41) is 9.37. The molecule has 2 aromatic heterocycles. The van der Waals surface area contributed by atoms with Crippen LogP contribution in [0.25, 0.3) is 5.65 Å². The van der Waals surface area contributed by atoms with Crippen LogP contribution in [-0.4, -0.2) is 50.6 Å². The molecule has 1 saturated carbocycles. The summed E-state index contributed by atoms with van der Waals surface area (Å²) in [6.45, 7) is 1.17. The van der Waals surface area contributed by atoms with Crippen molar-refractivity contribution in [2.75, 3.05) is 18.4 Å². The molecule has 0 radical (unpaired) electrons. The van der Waals surface area contributed by atoms with Gasteiger partial charge < -0.3 is 15.5 Å². The minimum atomic E-state index is -4.47. The Balaban J connectivity index is 1.12. The molecule has 5 rings (SSSR count). The standard InChI is InChI=1S/C21H19F3N6O2/c22-21(23,24)13-3-1-4-14(7-13)27-19(32)28-15-8-20(9-15)11-29(12-20)18(31)16-10-26-30-6-2-5-25-17(16)30/h1-7,10,15H,8-9,11-12H2,(H2,27,28,32). The molecule has 0 unspecified atom stereocenters. The molecule has 2 aliphatic rings. The van der Waals surface area contributed by atoms with Crippen LogP contribution in [0.1, 0.15) is 28.8 Å². The highest BCUT2D eigenvalue weighted by atomic mass is 19.4. The molecular formula is C21H19F3N6O2. The van der Waals surface area contributed by atoms with Gasteiger partial charge in [-0.1, -0.05) is 6.07 Å². The van der Waals surface area contributed by atoms with Crippen LogP contribution < -0.4 is 10.6 Å². The predicted molar refractivity (Wildman–Crippen MR) is 108 cm³/mol. The number of halogens is 3. The second-order valence-corrected chi connectivity index (χ2v) is 8.39. The van der Waals surface area contributed by atoms with Crippen molar-refractivity contribution in [3.8, 4) is 0 Å². The molecule has 3 heterocycles. The number of anilines is 1. The summed E-state index contributed by atoms with van der Waals surface area (Å²) in [5.74, 6) is -0.122. The van der Waals surface area contributed by atoms with Gasteiger partial charge in [0.1, 0.15) is 5.56 Å². The third-order valence-corrected chi connectivity index (χ3v) is 5.99. The van der Waals surface area contributed by atoms with E-state index in [0.29, 0.717) is 37.1 Å². The molecule has 32 heavy (non-hydrogen) atoms. The van der Waals surface area contributed by atoms with Gasteiger partial charge in [-0.2, -0.15) is 18.3 Å². The zero-order valence-electron chi connectivity index (χ0n) is 16.8. The lowest BCUT2D eigenvalue weighted by atomic mass is 9.60. The van der Waals surface area contributed by atoms with E-state index < -0.39 is 17.8 Å². The summed E-state index contributed by atoms with van der Waals surface area (Å²) in [4.78, 5) is 30.9. The van der Waals surface area contributed by atoms with Gasteiger partial charge in [0.05, 0.1) is 11.8 Å². The van der Waals surface area contributed by atoms with Gasteiger partial charge in [0.25, 0.3) is 5.91 Å². The number of benzene rings is 1. The predicted octanol–water partition coefficient (Wildman–Crippen LogP) is 3.17. The fourth-order valence-corrected chi connectivity index (χ4v) is 4.53. The van der Waals surface area contributed by atoms with Gasteiger partial charge in [-0.25, -0.2) is 14.3 Å². The molecule has 2 fully saturated rings. The Labute approximate surface area is 180 Å². The fraction of sp³-hybridized carbons (Fsp3) is 0.333. The molecule has 1 aromatic carbocycles. The molecule has 1 spiro atoms. The molecule has 0 bridgehead atoms. The Morgan fingerprint density at radius 3 is 2.69 bits per heavy atom. The van der Waals surface area contributed by atoms with Crippen LogP contribution in [0.3, 0.4) is 0 Å². The average molecular weight is 444 g/mol. The molecule has 3 amide bonds. The maximum absolute atomic E-state index is 12.8. The van der Waals surface area contributed by atoms with Crippen LogP contribution in [0.2, 0.25) is 0 Å². The average Bonchev–Trinajstić information content (AvgIpc) is 3.12. The first-order valence-electron chi connectivity index (χ1n) is 10.0. The molecule has 1 aliphatic carbocycles. The number of amides is 3. The first-order valence-corrected chi connectivity index (χ1v) is 10.0. The number of nitrogens with zero attached hydrogens (tertiary/aromatic N) is 4. The molecule has 1 aliphatic heterocycles. The van der Waals surface area contributed by atoms with E-state index in [9.17, 15) is 22.8 Å². The van der Waals surface area contributed by atoms with Crippen LogP contribution in [0.5, 0.6) is 0 Å². The lowest BCUT2D eigenvalue weighted by molar-refractivity contribution is -0.137. The van der Waals surface area contributed by atoms with Crippen molar-refractivity contribution in [1.82, 2.24) is 24.8 Å². The first kappa shape index (κ1) is 20.3. The third-order valence-electron chi connectivity index (χ3n) is 5.99. The number of alkyl halides is 3. The highest BCUT2D eigenvalue weighted by molar-refractivity contribution is 6.00. The summed E-state index contributed by atoms with van der Waals surface area (Å²) in [6.07, 6.45) is 1.79. The minimum absolute atomic E-state index is 0.0276. The molecule has 0 atom stereocenters. The van der Waals surface area contributed by atoms with Crippen LogP contribution in [0, 0.1) is 5.41 Å². The van der Waals surface area contributed by atoms with E-state index in [4.69, 9.17) is 0 Å². The van der Waals surface area contributed by atoms with Crippen molar-refractivity contribution < 1.29 is 22.8 Å². The molecule has 3 aromatic rings. The lowest BCUT2D eigenvalue weighted by Crippen LogP contribution is -2.67. The van der Waals surface area contributed by atoms with Gasteiger partial charge in [0.2, 0.25) is 0 Å². The van der Waals surface area contributed by atoms with Gasteiger partial charge in [-0.3, -0.25) is 4.79 Å². The van der Waals surface area contributed by atoms with Gasteiger partial charge in [0, 0.05) is 42.6 Å². The number of carbonyl (C=O) groups is 2. The maximum atomic E-state index is 12.8. The lowest BCUT2D eigenvalue weighted by Gasteiger charge is -2.58. The topological polar surface area (TPSA) is 91.6 Å². The highest BCUT2D eigenvalue weighted by Crippen LogP contribution is 2.48. The van der Waals surface area contributed by atoms with Crippen LogP contribution >= 0.6 is 0 Å². The number of urea groups is 1. The molecule has 1 saturated heterocycles. The SMILES string of the molecule is O=C(Nc1cccc(C(F)(F)F)c1)NC1CC2(C1)CN(C(=O)c1cnn3cccnc13)C2. The molecular weight excluding hydrogens is 425 g/mol. The van der Waals surface area contributed by atoms with Crippen molar-refractivity contribution in [2.24, 2.45) is 5.41 Å². The number of fused-ring (bicyclic) bond motifs is 1. The normalized spacial score (nSPS) is 17.7. The summed E-state index contributed by atoms with van der Waals surface area (Å²) < 4.78 is 40.0.